The predicted molar refractivity (Wildman–Crippen MR) is 71.6 cm³/mol. The molecule has 0 amide bonds. The molecule has 0 radical (unpaired) electrons. The molecule has 7 nitrogen and oxygen atoms in total. The van der Waals surface area contributed by atoms with Gasteiger partial charge in [0.05, 0.1) is 26.3 Å². The van der Waals surface area contributed by atoms with Crippen molar-refractivity contribution in [3.63, 3.8) is 0 Å². The van der Waals surface area contributed by atoms with E-state index in [0.29, 0.717) is 17.2 Å². The topological polar surface area (TPSA) is 96.3 Å². The SMILES string of the molecule is COc1ccc(N(CCC(=O)O)CC(=O)O)c(OC)c1. The first-order valence-corrected chi connectivity index (χ1v) is 5.88. The number of benzene rings is 1. The fraction of sp³-hybridized carbons (Fsp3) is 0.385. The Bertz CT molecular complexity index is 488. The van der Waals surface area contributed by atoms with Gasteiger partial charge < -0.3 is 24.6 Å². The molecule has 0 aromatic heterocycles. The summed E-state index contributed by atoms with van der Waals surface area (Å²) < 4.78 is 10.3. The third-order valence-electron chi connectivity index (χ3n) is 2.65. The molecule has 0 unspecified atom stereocenters. The number of carbonyl (C=O) groups is 2. The van der Waals surface area contributed by atoms with Crippen LogP contribution in [-0.4, -0.2) is 49.5 Å². The summed E-state index contributed by atoms with van der Waals surface area (Å²) in [5, 5.41) is 17.6. The molecule has 0 atom stereocenters. The van der Waals surface area contributed by atoms with Crippen LogP contribution in [0.2, 0.25) is 0 Å². The first kappa shape index (κ1) is 15.6. The molecular weight excluding hydrogens is 266 g/mol. The average Bonchev–Trinajstić information content (AvgIpc) is 2.42. The van der Waals surface area contributed by atoms with Gasteiger partial charge in [-0.25, -0.2) is 0 Å². The molecule has 1 aromatic rings. The van der Waals surface area contributed by atoms with E-state index in [9.17, 15) is 9.59 Å². The lowest BCUT2D eigenvalue weighted by molar-refractivity contribution is -0.138. The second kappa shape index (κ2) is 7.22. The Kier molecular flexibility index (Phi) is 5.64. The van der Waals surface area contributed by atoms with Gasteiger partial charge in [0.15, 0.2) is 0 Å². The molecule has 20 heavy (non-hydrogen) atoms. The van der Waals surface area contributed by atoms with Crippen molar-refractivity contribution in [3.8, 4) is 11.5 Å². The minimum Gasteiger partial charge on any atom is -0.497 e. The second-order valence-electron chi connectivity index (χ2n) is 4.00. The maximum Gasteiger partial charge on any atom is 0.323 e. The molecule has 0 bridgehead atoms. The van der Waals surface area contributed by atoms with Gasteiger partial charge in [0, 0.05) is 12.6 Å². The number of methoxy groups -OCH3 is 2. The number of anilines is 1. The number of aliphatic carboxylic acids is 2. The standard InChI is InChI=1S/C13H17NO6/c1-19-9-3-4-10(11(7-9)20-2)14(8-13(17)18)6-5-12(15)16/h3-4,7H,5-6,8H2,1-2H3,(H,15,16)(H,17,18). The summed E-state index contributed by atoms with van der Waals surface area (Å²) in [7, 11) is 2.96. The van der Waals surface area contributed by atoms with Crippen LogP contribution in [0.3, 0.4) is 0 Å². The lowest BCUT2D eigenvalue weighted by atomic mass is 10.2. The van der Waals surface area contributed by atoms with Crippen molar-refractivity contribution in [1.82, 2.24) is 0 Å². The second-order valence-corrected chi connectivity index (χ2v) is 4.00. The molecule has 1 rings (SSSR count). The molecule has 0 fully saturated rings. The van der Waals surface area contributed by atoms with Gasteiger partial charge in [-0.3, -0.25) is 9.59 Å². The van der Waals surface area contributed by atoms with E-state index in [-0.39, 0.29) is 19.5 Å². The summed E-state index contributed by atoms with van der Waals surface area (Å²) in [6.45, 7) is -0.236. The van der Waals surface area contributed by atoms with Gasteiger partial charge in [0.2, 0.25) is 0 Å². The van der Waals surface area contributed by atoms with E-state index in [4.69, 9.17) is 19.7 Å². The Labute approximate surface area is 116 Å². The lowest BCUT2D eigenvalue weighted by Crippen LogP contribution is -2.32. The van der Waals surface area contributed by atoms with Crippen LogP contribution in [0, 0.1) is 0 Å². The molecule has 0 saturated heterocycles. The fourth-order valence-electron chi connectivity index (χ4n) is 1.72. The Hall–Kier alpha value is -2.44. The van der Waals surface area contributed by atoms with Gasteiger partial charge in [0.25, 0.3) is 0 Å². The number of rotatable bonds is 8. The van der Waals surface area contributed by atoms with Gasteiger partial charge in [-0.1, -0.05) is 0 Å². The summed E-state index contributed by atoms with van der Waals surface area (Å²) in [6, 6.07) is 4.92. The van der Waals surface area contributed by atoms with Crippen molar-refractivity contribution in [2.45, 2.75) is 6.42 Å². The first-order valence-electron chi connectivity index (χ1n) is 5.88. The smallest absolute Gasteiger partial charge is 0.323 e. The summed E-state index contributed by atoms with van der Waals surface area (Å²) in [4.78, 5) is 23.0. The van der Waals surface area contributed by atoms with Crippen LogP contribution >= 0.6 is 0 Å². The summed E-state index contributed by atoms with van der Waals surface area (Å²) in [5.41, 5.74) is 0.511. The number of ether oxygens (including phenoxy) is 2. The fourth-order valence-corrected chi connectivity index (χ4v) is 1.72. The molecule has 0 aliphatic carbocycles. The number of nitrogens with zero attached hydrogens (tertiary/aromatic N) is 1. The van der Waals surface area contributed by atoms with Crippen molar-refractivity contribution < 1.29 is 29.3 Å². The van der Waals surface area contributed by atoms with Gasteiger partial charge in [-0.05, 0) is 12.1 Å². The Morgan fingerprint density at radius 3 is 2.35 bits per heavy atom. The zero-order valence-corrected chi connectivity index (χ0v) is 11.3. The van der Waals surface area contributed by atoms with E-state index in [1.54, 1.807) is 18.2 Å². The molecule has 2 N–H and O–H groups in total. The third kappa shape index (κ3) is 4.34. The van der Waals surface area contributed by atoms with E-state index in [0.717, 1.165) is 0 Å². The summed E-state index contributed by atoms with van der Waals surface area (Å²) in [6.07, 6.45) is -0.164. The van der Waals surface area contributed by atoms with E-state index < -0.39 is 11.9 Å². The first-order chi connectivity index (χ1) is 9.47. The minimum absolute atomic E-state index is 0.0737. The maximum absolute atomic E-state index is 10.9. The van der Waals surface area contributed by atoms with Crippen LogP contribution in [0.5, 0.6) is 11.5 Å². The molecule has 110 valence electrons. The largest absolute Gasteiger partial charge is 0.497 e. The van der Waals surface area contributed by atoms with Gasteiger partial charge in [-0.2, -0.15) is 0 Å². The Morgan fingerprint density at radius 1 is 1.15 bits per heavy atom. The third-order valence-corrected chi connectivity index (χ3v) is 2.65. The highest BCUT2D eigenvalue weighted by molar-refractivity contribution is 5.76. The molecule has 7 heteroatoms. The molecule has 0 saturated carbocycles. The predicted octanol–water partition coefficient (Wildman–Crippen LogP) is 1.07. The van der Waals surface area contributed by atoms with Crippen LogP contribution in [-0.2, 0) is 9.59 Å². The van der Waals surface area contributed by atoms with Crippen LogP contribution in [0.1, 0.15) is 6.42 Å². The number of carboxylic acids is 2. The lowest BCUT2D eigenvalue weighted by Gasteiger charge is -2.24. The highest BCUT2D eigenvalue weighted by Gasteiger charge is 2.17. The molecular formula is C13H17NO6. The monoisotopic (exact) mass is 283 g/mol. The Balaban J connectivity index is 3.04. The zero-order chi connectivity index (χ0) is 15.1. The number of hydrogen-bond acceptors (Lipinski definition) is 5. The van der Waals surface area contributed by atoms with Crippen molar-refractivity contribution in [1.29, 1.82) is 0 Å². The summed E-state index contributed by atoms with van der Waals surface area (Å²) in [5.74, 6) is -1.05. The van der Waals surface area contributed by atoms with Gasteiger partial charge in [0.1, 0.15) is 18.0 Å². The van der Waals surface area contributed by atoms with Crippen LogP contribution in [0.4, 0.5) is 5.69 Å². The van der Waals surface area contributed by atoms with Crippen molar-refractivity contribution in [2.75, 3.05) is 32.2 Å². The summed E-state index contributed by atoms with van der Waals surface area (Å²) >= 11 is 0. The minimum atomic E-state index is -1.05. The van der Waals surface area contributed by atoms with E-state index in [1.165, 1.54) is 19.1 Å². The zero-order valence-electron chi connectivity index (χ0n) is 11.3. The highest BCUT2D eigenvalue weighted by atomic mass is 16.5. The van der Waals surface area contributed by atoms with Crippen LogP contribution in [0.25, 0.3) is 0 Å². The van der Waals surface area contributed by atoms with E-state index >= 15 is 0 Å². The van der Waals surface area contributed by atoms with Crippen LogP contribution < -0.4 is 14.4 Å². The van der Waals surface area contributed by atoms with E-state index in [1.807, 2.05) is 0 Å². The van der Waals surface area contributed by atoms with Crippen molar-refractivity contribution in [3.05, 3.63) is 18.2 Å². The van der Waals surface area contributed by atoms with Crippen LogP contribution in [0.15, 0.2) is 18.2 Å². The molecule has 1 aromatic carbocycles. The molecule has 0 heterocycles. The molecule has 0 aliphatic heterocycles. The van der Waals surface area contributed by atoms with Gasteiger partial charge >= 0.3 is 11.9 Å². The number of hydrogen-bond donors (Lipinski definition) is 2. The quantitative estimate of drug-likeness (QED) is 0.736. The van der Waals surface area contributed by atoms with Gasteiger partial charge in [-0.15, -0.1) is 0 Å². The van der Waals surface area contributed by atoms with Crippen molar-refractivity contribution >= 4 is 17.6 Å². The maximum atomic E-state index is 10.9. The highest BCUT2D eigenvalue weighted by Crippen LogP contribution is 2.32. The number of carboxylic acid groups (broad SMARTS) is 2. The normalized spacial score (nSPS) is 9.90. The Morgan fingerprint density at radius 2 is 1.85 bits per heavy atom. The average molecular weight is 283 g/mol. The molecule has 0 aliphatic rings. The van der Waals surface area contributed by atoms with Crippen molar-refractivity contribution in [2.24, 2.45) is 0 Å². The molecule has 0 spiro atoms. The van der Waals surface area contributed by atoms with E-state index in [2.05, 4.69) is 0 Å².